The molecule has 0 fully saturated rings. The number of methoxy groups -OCH3 is 1. The molecule has 1 rings (SSSR count). The predicted octanol–water partition coefficient (Wildman–Crippen LogP) is 1.04. The van der Waals surface area contributed by atoms with Crippen LogP contribution >= 0.6 is 11.3 Å². The van der Waals surface area contributed by atoms with E-state index >= 15 is 0 Å². The first-order valence-corrected chi connectivity index (χ1v) is 5.88. The van der Waals surface area contributed by atoms with Gasteiger partial charge in [-0.15, -0.1) is 11.3 Å². The van der Waals surface area contributed by atoms with Gasteiger partial charge in [0.1, 0.15) is 15.4 Å². The molecule has 6 nitrogen and oxygen atoms in total. The summed E-state index contributed by atoms with van der Waals surface area (Å²) in [6, 6.07) is 0. The Morgan fingerprint density at radius 1 is 1.47 bits per heavy atom. The minimum Gasteiger partial charge on any atom is -0.465 e. The number of amides is 1. The Balaban J connectivity index is 3.21. The number of thiophene rings is 1. The topological polar surface area (TPSA) is 107 Å². The Labute approximate surface area is 103 Å². The molecular formula is C10H15N3O3S. The molecular weight excluding hydrogens is 242 g/mol. The van der Waals surface area contributed by atoms with Crippen LogP contribution < -0.4 is 16.8 Å². The van der Waals surface area contributed by atoms with E-state index in [0.717, 1.165) is 17.8 Å². The van der Waals surface area contributed by atoms with Crippen molar-refractivity contribution < 1.29 is 14.3 Å². The highest BCUT2D eigenvalue weighted by Crippen LogP contribution is 2.35. The molecule has 0 saturated heterocycles. The number of anilines is 2. The third-order valence-corrected chi connectivity index (χ3v) is 3.27. The fraction of sp³-hybridized carbons (Fsp3) is 0.400. The van der Waals surface area contributed by atoms with Crippen molar-refractivity contribution in [2.45, 2.75) is 13.3 Å². The first kappa shape index (κ1) is 13.3. The van der Waals surface area contributed by atoms with Gasteiger partial charge in [-0.3, -0.25) is 4.79 Å². The smallest absolute Gasteiger partial charge is 0.343 e. The van der Waals surface area contributed by atoms with Crippen molar-refractivity contribution in [1.29, 1.82) is 0 Å². The minimum atomic E-state index is -0.651. The number of nitrogen functional groups attached to an aromatic ring is 1. The second kappa shape index (κ2) is 5.53. The lowest BCUT2D eigenvalue weighted by Gasteiger charge is -2.04. The SMILES string of the molecule is CCCNc1sc(C(N)=O)c(N)c1C(=O)OC. The van der Waals surface area contributed by atoms with Crippen molar-refractivity contribution >= 4 is 33.9 Å². The molecule has 0 aromatic carbocycles. The monoisotopic (exact) mass is 257 g/mol. The van der Waals surface area contributed by atoms with Gasteiger partial charge in [-0.05, 0) is 6.42 Å². The van der Waals surface area contributed by atoms with Crippen molar-refractivity contribution in [2.75, 3.05) is 24.7 Å². The van der Waals surface area contributed by atoms with Crippen molar-refractivity contribution in [1.82, 2.24) is 0 Å². The molecule has 0 aliphatic heterocycles. The van der Waals surface area contributed by atoms with Crippen molar-refractivity contribution in [3.63, 3.8) is 0 Å². The average molecular weight is 257 g/mol. The van der Waals surface area contributed by atoms with Gasteiger partial charge in [-0.25, -0.2) is 4.79 Å². The minimum absolute atomic E-state index is 0.0768. The van der Waals surface area contributed by atoms with Crippen LogP contribution in [0.15, 0.2) is 0 Å². The van der Waals surface area contributed by atoms with Gasteiger partial charge in [0.05, 0.1) is 12.8 Å². The number of hydrogen-bond donors (Lipinski definition) is 3. The van der Waals surface area contributed by atoms with E-state index in [4.69, 9.17) is 11.5 Å². The van der Waals surface area contributed by atoms with Gasteiger partial charge >= 0.3 is 5.97 Å². The molecule has 0 bridgehead atoms. The molecule has 0 spiro atoms. The maximum atomic E-state index is 11.6. The molecule has 17 heavy (non-hydrogen) atoms. The highest BCUT2D eigenvalue weighted by atomic mass is 32.1. The van der Waals surface area contributed by atoms with Crippen LogP contribution in [-0.4, -0.2) is 25.5 Å². The molecule has 0 aliphatic rings. The summed E-state index contributed by atoms with van der Waals surface area (Å²) in [7, 11) is 1.26. The number of nitrogens with two attached hydrogens (primary N) is 2. The number of carbonyl (C=O) groups excluding carboxylic acids is 2. The molecule has 7 heteroatoms. The summed E-state index contributed by atoms with van der Waals surface area (Å²) in [5, 5.41) is 3.54. The number of hydrogen-bond acceptors (Lipinski definition) is 6. The second-order valence-electron chi connectivity index (χ2n) is 3.33. The highest BCUT2D eigenvalue weighted by Gasteiger charge is 2.24. The summed E-state index contributed by atoms with van der Waals surface area (Å²) in [5.41, 5.74) is 11.2. The number of esters is 1. The third kappa shape index (κ3) is 2.68. The van der Waals surface area contributed by atoms with Gasteiger partial charge in [0, 0.05) is 6.54 Å². The number of rotatable bonds is 5. The number of ether oxygens (including phenoxy) is 1. The van der Waals surface area contributed by atoms with Gasteiger partial charge in [0.2, 0.25) is 0 Å². The Morgan fingerprint density at radius 3 is 2.59 bits per heavy atom. The van der Waals surface area contributed by atoms with E-state index in [9.17, 15) is 9.59 Å². The Hall–Kier alpha value is -1.76. The number of primary amides is 1. The Morgan fingerprint density at radius 2 is 2.12 bits per heavy atom. The van der Waals surface area contributed by atoms with E-state index in [-0.39, 0.29) is 16.1 Å². The zero-order valence-corrected chi connectivity index (χ0v) is 10.5. The zero-order chi connectivity index (χ0) is 13.0. The van der Waals surface area contributed by atoms with Crippen LogP contribution in [0.2, 0.25) is 0 Å². The van der Waals surface area contributed by atoms with E-state index in [0.29, 0.717) is 11.5 Å². The van der Waals surface area contributed by atoms with Gasteiger partial charge < -0.3 is 21.5 Å². The summed E-state index contributed by atoms with van der Waals surface area (Å²) in [6.07, 6.45) is 0.879. The lowest BCUT2D eigenvalue weighted by Crippen LogP contribution is -2.13. The van der Waals surface area contributed by atoms with Crippen molar-refractivity contribution in [3.8, 4) is 0 Å². The van der Waals surface area contributed by atoms with Crippen LogP contribution in [-0.2, 0) is 4.74 Å². The zero-order valence-electron chi connectivity index (χ0n) is 9.70. The lowest BCUT2D eigenvalue weighted by molar-refractivity contribution is 0.0603. The Bertz CT molecular complexity index is 442. The van der Waals surface area contributed by atoms with Crippen LogP contribution in [0.1, 0.15) is 33.4 Å². The standard InChI is InChI=1S/C10H15N3O3S/c1-3-4-13-9-5(10(15)16-2)6(11)7(17-9)8(12)14/h13H,3-4,11H2,1-2H3,(H2,12,14). The van der Waals surface area contributed by atoms with Gasteiger partial charge in [-0.2, -0.15) is 0 Å². The summed E-state index contributed by atoms with van der Waals surface area (Å²) in [6.45, 7) is 2.65. The normalized spacial score (nSPS) is 10.0. The summed E-state index contributed by atoms with van der Waals surface area (Å²) in [4.78, 5) is 22.9. The van der Waals surface area contributed by atoms with Gasteiger partial charge in [-0.1, -0.05) is 6.92 Å². The van der Waals surface area contributed by atoms with E-state index in [1.54, 1.807) is 0 Å². The van der Waals surface area contributed by atoms with Crippen LogP contribution in [0.5, 0.6) is 0 Å². The molecule has 0 atom stereocenters. The average Bonchev–Trinajstić information content (AvgIpc) is 2.62. The van der Waals surface area contributed by atoms with E-state index in [1.165, 1.54) is 7.11 Å². The summed E-state index contributed by atoms with van der Waals surface area (Å²) < 4.78 is 4.63. The third-order valence-electron chi connectivity index (χ3n) is 2.09. The fourth-order valence-electron chi connectivity index (χ4n) is 1.29. The molecule has 1 amide bonds. The van der Waals surface area contributed by atoms with Gasteiger partial charge in [0.15, 0.2) is 0 Å². The van der Waals surface area contributed by atoms with E-state index in [1.807, 2.05) is 6.92 Å². The molecule has 94 valence electrons. The molecule has 0 radical (unpaired) electrons. The van der Waals surface area contributed by atoms with E-state index in [2.05, 4.69) is 10.1 Å². The molecule has 0 aliphatic carbocycles. The van der Waals surface area contributed by atoms with Crippen LogP contribution in [0.4, 0.5) is 10.7 Å². The molecule has 1 aromatic rings. The van der Waals surface area contributed by atoms with Crippen molar-refractivity contribution in [2.24, 2.45) is 5.73 Å². The molecule has 1 aromatic heterocycles. The van der Waals surface area contributed by atoms with Gasteiger partial charge in [0.25, 0.3) is 5.91 Å². The first-order chi connectivity index (χ1) is 8.02. The van der Waals surface area contributed by atoms with Crippen LogP contribution in [0.25, 0.3) is 0 Å². The lowest BCUT2D eigenvalue weighted by atomic mass is 10.2. The highest BCUT2D eigenvalue weighted by molar-refractivity contribution is 7.19. The molecule has 1 heterocycles. The van der Waals surface area contributed by atoms with Crippen LogP contribution in [0, 0.1) is 0 Å². The molecule has 5 N–H and O–H groups in total. The maximum Gasteiger partial charge on any atom is 0.343 e. The van der Waals surface area contributed by atoms with Crippen LogP contribution in [0.3, 0.4) is 0 Å². The summed E-state index contributed by atoms with van der Waals surface area (Å²) in [5.74, 6) is -1.23. The predicted molar refractivity (Wildman–Crippen MR) is 67.4 cm³/mol. The Kier molecular flexibility index (Phi) is 4.33. The first-order valence-electron chi connectivity index (χ1n) is 5.07. The molecule has 0 saturated carbocycles. The number of nitrogens with one attached hydrogen (secondary N) is 1. The summed E-state index contributed by atoms with van der Waals surface area (Å²) >= 11 is 1.07. The quantitative estimate of drug-likeness (QED) is 0.683. The second-order valence-corrected chi connectivity index (χ2v) is 4.35. The molecule has 0 unspecified atom stereocenters. The van der Waals surface area contributed by atoms with E-state index < -0.39 is 11.9 Å². The largest absolute Gasteiger partial charge is 0.465 e. The van der Waals surface area contributed by atoms with Crippen molar-refractivity contribution in [3.05, 3.63) is 10.4 Å². The number of carbonyl (C=O) groups is 2. The fourth-order valence-corrected chi connectivity index (χ4v) is 2.28. The maximum absolute atomic E-state index is 11.6.